The lowest BCUT2D eigenvalue weighted by atomic mass is 10.3. The molecule has 0 radical (unpaired) electrons. The molecule has 6 nitrogen and oxygen atoms in total. The highest BCUT2D eigenvalue weighted by Gasteiger charge is 2.46. The minimum atomic E-state index is -5.54. The Labute approximate surface area is 143 Å². The number of hydrogen-bond donors (Lipinski definition) is 2. The molecule has 1 aromatic heterocycles. The number of sulfonamides is 1. The Bertz CT molecular complexity index is 852. The molecule has 0 bridgehead atoms. The van der Waals surface area contributed by atoms with Crippen molar-refractivity contribution in [2.75, 3.05) is 10.0 Å². The number of anilines is 2. The molecule has 2 rings (SSSR count). The number of amides is 1. The number of aromatic nitrogens is 1. The van der Waals surface area contributed by atoms with Crippen LogP contribution in [0.3, 0.4) is 0 Å². The second kappa shape index (κ2) is 6.95. The summed E-state index contributed by atoms with van der Waals surface area (Å²) in [5.41, 5.74) is -4.87. The topological polar surface area (TPSA) is 88.2 Å². The van der Waals surface area contributed by atoms with E-state index in [0.717, 1.165) is 0 Å². The maximum atomic E-state index is 12.3. The molecule has 1 aromatic carbocycles. The van der Waals surface area contributed by atoms with Gasteiger partial charge in [0.15, 0.2) is 5.13 Å². The molecule has 1 heterocycles. The van der Waals surface area contributed by atoms with Crippen LogP contribution in [0.25, 0.3) is 0 Å². The van der Waals surface area contributed by atoms with E-state index in [1.54, 1.807) is 18.2 Å². The van der Waals surface area contributed by atoms with Crippen molar-refractivity contribution in [3.05, 3.63) is 40.4 Å². The van der Waals surface area contributed by atoms with Crippen molar-refractivity contribution in [2.24, 2.45) is 0 Å². The molecule has 0 fully saturated rings. The molecule has 0 aliphatic carbocycles. The van der Waals surface area contributed by atoms with Crippen LogP contribution in [0.5, 0.6) is 0 Å². The molecule has 0 unspecified atom stereocenters. The Balaban J connectivity index is 2.00. The number of rotatable bonds is 5. The van der Waals surface area contributed by atoms with E-state index in [1.807, 2.05) is 0 Å². The number of thiazole rings is 1. The highest BCUT2D eigenvalue weighted by molar-refractivity contribution is 7.93. The minimum absolute atomic E-state index is 0.124. The molecule has 130 valence electrons. The third-order valence-corrected chi connectivity index (χ3v) is 4.77. The molecule has 2 aromatic rings. The lowest BCUT2D eigenvalue weighted by molar-refractivity contribution is -0.115. The van der Waals surface area contributed by atoms with E-state index in [9.17, 15) is 26.4 Å². The molecule has 0 aliphatic rings. The molecule has 0 saturated heterocycles. The van der Waals surface area contributed by atoms with E-state index in [0.29, 0.717) is 22.0 Å². The van der Waals surface area contributed by atoms with E-state index in [4.69, 9.17) is 11.6 Å². The zero-order valence-electron chi connectivity index (χ0n) is 11.6. The van der Waals surface area contributed by atoms with Crippen LogP contribution in [0.4, 0.5) is 24.0 Å². The van der Waals surface area contributed by atoms with Crippen LogP contribution >= 0.6 is 22.9 Å². The highest BCUT2D eigenvalue weighted by atomic mass is 35.5. The first-order chi connectivity index (χ1) is 11.1. The average Bonchev–Trinajstić information content (AvgIpc) is 2.83. The number of benzene rings is 1. The summed E-state index contributed by atoms with van der Waals surface area (Å²) in [5, 5.41) is 3.77. The Morgan fingerprint density at radius 2 is 2.04 bits per heavy atom. The lowest BCUT2D eigenvalue weighted by Gasteiger charge is -2.07. The van der Waals surface area contributed by atoms with Gasteiger partial charge in [-0.25, -0.2) is 4.98 Å². The first-order valence-electron chi connectivity index (χ1n) is 6.16. The van der Waals surface area contributed by atoms with Crippen LogP contribution in [0, 0.1) is 0 Å². The Hall–Kier alpha value is -1.85. The third-order valence-electron chi connectivity index (χ3n) is 2.53. The maximum absolute atomic E-state index is 12.3. The van der Waals surface area contributed by atoms with Crippen LogP contribution in [0.1, 0.15) is 5.69 Å². The van der Waals surface area contributed by atoms with Gasteiger partial charge in [0, 0.05) is 16.1 Å². The predicted octanol–water partition coefficient (Wildman–Crippen LogP) is 3.24. The zero-order valence-corrected chi connectivity index (χ0v) is 14.0. The molecule has 0 aliphatic heterocycles. The fourth-order valence-corrected chi connectivity index (χ4v) is 3.20. The van der Waals surface area contributed by atoms with Crippen molar-refractivity contribution in [3.63, 3.8) is 0 Å². The van der Waals surface area contributed by atoms with E-state index < -0.39 is 26.6 Å². The van der Waals surface area contributed by atoms with Crippen molar-refractivity contribution < 1.29 is 26.4 Å². The van der Waals surface area contributed by atoms with E-state index in [2.05, 4.69) is 10.3 Å². The van der Waals surface area contributed by atoms with Crippen molar-refractivity contribution in [2.45, 2.75) is 11.9 Å². The largest absolute Gasteiger partial charge is 0.516 e. The summed E-state index contributed by atoms with van der Waals surface area (Å²) < 4.78 is 60.0. The first-order valence-corrected chi connectivity index (χ1v) is 8.90. The normalized spacial score (nSPS) is 12.0. The summed E-state index contributed by atoms with van der Waals surface area (Å²) in [6.45, 7) is 0. The second-order valence-electron chi connectivity index (χ2n) is 4.43. The van der Waals surface area contributed by atoms with Gasteiger partial charge in [-0.2, -0.15) is 21.6 Å². The zero-order chi connectivity index (χ0) is 18.0. The smallest absolute Gasteiger partial charge is 0.326 e. The molecule has 0 atom stereocenters. The Morgan fingerprint density at radius 3 is 2.67 bits per heavy atom. The van der Waals surface area contributed by atoms with E-state index in [1.165, 1.54) is 16.2 Å². The van der Waals surface area contributed by atoms with Crippen molar-refractivity contribution in [1.82, 2.24) is 4.98 Å². The van der Waals surface area contributed by atoms with Gasteiger partial charge in [-0.3, -0.25) is 9.52 Å². The number of hydrogen-bond acceptors (Lipinski definition) is 5. The standard InChI is InChI=1S/C12H9ClF3N3O3S2/c13-7-2-1-3-8(4-7)17-10(20)5-9-6-23-11(18-9)19-24(21,22)12(14,15)16/h1-4,6H,5H2,(H,17,20)(H,18,19). The molecular weight excluding hydrogens is 391 g/mol. The van der Waals surface area contributed by atoms with Gasteiger partial charge >= 0.3 is 15.5 Å². The third kappa shape index (κ3) is 4.82. The highest BCUT2D eigenvalue weighted by Crippen LogP contribution is 2.27. The quantitative estimate of drug-likeness (QED) is 0.807. The Kier molecular flexibility index (Phi) is 5.35. The first kappa shape index (κ1) is 18.5. The summed E-state index contributed by atoms with van der Waals surface area (Å²) in [5.74, 6) is -0.479. The lowest BCUT2D eigenvalue weighted by Crippen LogP contribution is -2.29. The molecule has 2 N–H and O–H groups in total. The van der Waals surface area contributed by atoms with Gasteiger partial charge in [0.2, 0.25) is 5.91 Å². The van der Waals surface area contributed by atoms with Gasteiger partial charge in [-0.15, -0.1) is 11.3 Å². The average molecular weight is 400 g/mol. The fraction of sp³-hybridized carbons (Fsp3) is 0.167. The van der Waals surface area contributed by atoms with Crippen LogP contribution < -0.4 is 10.0 Å². The summed E-state index contributed by atoms with van der Waals surface area (Å²) in [4.78, 5) is 15.5. The van der Waals surface area contributed by atoms with Crippen molar-refractivity contribution in [3.8, 4) is 0 Å². The van der Waals surface area contributed by atoms with Crippen LogP contribution in [0.2, 0.25) is 5.02 Å². The molecule has 12 heteroatoms. The monoisotopic (exact) mass is 399 g/mol. The predicted molar refractivity (Wildman–Crippen MR) is 84.5 cm³/mol. The number of nitrogens with one attached hydrogen (secondary N) is 2. The summed E-state index contributed by atoms with van der Waals surface area (Å²) >= 11 is 6.41. The van der Waals surface area contributed by atoms with Crippen LogP contribution in [0.15, 0.2) is 29.6 Å². The molecule has 0 saturated carbocycles. The van der Waals surface area contributed by atoms with Gasteiger partial charge in [0.1, 0.15) is 0 Å². The number of alkyl halides is 3. The maximum Gasteiger partial charge on any atom is 0.516 e. The van der Waals surface area contributed by atoms with Crippen LogP contribution in [-0.2, 0) is 21.2 Å². The van der Waals surface area contributed by atoms with Gasteiger partial charge in [-0.05, 0) is 18.2 Å². The van der Waals surface area contributed by atoms with Gasteiger partial charge in [0.05, 0.1) is 12.1 Å². The minimum Gasteiger partial charge on any atom is -0.326 e. The number of nitrogens with zero attached hydrogens (tertiary/aromatic N) is 1. The summed E-state index contributed by atoms with van der Waals surface area (Å²) in [6, 6.07) is 6.37. The molecular formula is C12H9ClF3N3O3S2. The van der Waals surface area contributed by atoms with Crippen molar-refractivity contribution in [1.29, 1.82) is 0 Å². The van der Waals surface area contributed by atoms with Crippen LogP contribution in [-0.4, -0.2) is 24.8 Å². The number of halogens is 4. The summed E-state index contributed by atoms with van der Waals surface area (Å²) in [6.07, 6.45) is -0.239. The Morgan fingerprint density at radius 1 is 1.33 bits per heavy atom. The molecule has 0 spiro atoms. The molecule has 1 amide bonds. The fourth-order valence-electron chi connectivity index (χ4n) is 1.54. The van der Waals surface area contributed by atoms with E-state index >= 15 is 0 Å². The van der Waals surface area contributed by atoms with Crippen molar-refractivity contribution >= 4 is 49.7 Å². The summed E-state index contributed by atoms with van der Waals surface area (Å²) in [7, 11) is -5.54. The van der Waals surface area contributed by atoms with Gasteiger partial charge in [-0.1, -0.05) is 17.7 Å². The molecule has 24 heavy (non-hydrogen) atoms. The van der Waals surface area contributed by atoms with Gasteiger partial charge in [0.25, 0.3) is 0 Å². The SMILES string of the molecule is O=C(Cc1csc(NS(=O)(=O)C(F)(F)F)n1)Nc1cccc(Cl)c1. The number of carbonyl (C=O) groups excluding carboxylic acids is 1. The van der Waals surface area contributed by atoms with Gasteiger partial charge < -0.3 is 5.32 Å². The number of carbonyl (C=O) groups is 1. The second-order valence-corrected chi connectivity index (χ2v) is 7.40. The van der Waals surface area contributed by atoms with E-state index in [-0.39, 0.29) is 12.1 Å².